The van der Waals surface area contributed by atoms with E-state index in [0.717, 1.165) is 29.1 Å². The Hall–Kier alpha value is -1.67. The molecule has 0 fully saturated rings. The lowest BCUT2D eigenvalue weighted by Crippen LogP contribution is -2.03. The SMILES string of the molecule is C=CCC1=CC(c2ccc(C=C)s2)=NC(=C)C1. The van der Waals surface area contributed by atoms with Gasteiger partial charge in [0.1, 0.15) is 0 Å². The largest absolute Gasteiger partial charge is 0.252 e. The molecule has 86 valence electrons. The van der Waals surface area contributed by atoms with E-state index in [1.54, 1.807) is 11.3 Å². The number of thiophene rings is 1. The summed E-state index contributed by atoms with van der Waals surface area (Å²) in [7, 11) is 0. The van der Waals surface area contributed by atoms with Gasteiger partial charge >= 0.3 is 0 Å². The van der Waals surface area contributed by atoms with Gasteiger partial charge in [0.25, 0.3) is 0 Å². The van der Waals surface area contributed by atoms with Crippen LogP contribution in [0.1, 0.15) is 22.6 Å². The Morgan fingerprint density at radius 2 is 2.18 bits per heavy atom. The van der Waals surface area contributed by atoms with Crippen LogP contribution < -0.4 is 0 Å². The molecule has 1 aliphatic heterocycles. The zero-order valence-electron chi connectivity index (χ0n) is 9.78. The Bertz CT molecular complexity index is 529. The first-order chi connectivity index (χ1) is 8.22. The Morgan fingerprint density at radius 3 is 2.82 bits per heavy atom. The van der Waals surface area contributed by atoms with Crippen LogP contribution in [0.4, 0.5) is 0 Å². The highest BCUT2D eigenvalue weighted by molar-refractivity contribution is 7.15. The molecule has 1 aromatic heterocycles. The first-order valence-corrected chi connectivity index (χ1v) is 6.34. The highest BCUT2D eigenvalue weighted by Crippen LogP contribution is 2.26. The van der Waals surface area contributed by atoms with Gasteiger partial charge in [-0.25, -0.2) is 0 Å². The molecule has 1 nitrogen and oxygen atoms in total. The number of dihydropyridines is 1. The summed E-state index contributed by atoms with van der Waals surface area (Å²) in [5.74, 6) is 0. The van der Waals surface area contributed by atoms with Crippen molar-refractivity contribution >= 4 is 23.1 Å². The van der Waals surface area contributed by atoms with Gasteiger partial charge in [-0.15, -0.1) is 17.9 Å². The predicted molar refractivity (Wildman–Crippen MR) is 77.6 cm³/mol. The number of aliphatic imine (C=N–C) groups is 1. The van der Waals surface area contributed by atoms with Gasteiger partial charge in [-0.05, 0) is 24.6 Å². The molecule has 2 rings (SSSR count). The minimum atomic E-state index is 0.856. The van der Waals surface area contributed by atoms with Crippen molar-refractivity contribution in [1.82, 2.24) is 0 Å². The summed E-state index contributed by atoms with van der Waals surface area (Å²) >= 11 is 1.70. The molecule has 0 aromatic carbocycles. The monoisotopic (exact) mass is 241 g/mol. The van der Waals surface area contributed by atoms with Crippen molar-refractivity contribution in [3.8, 4) is 0 Å². The van der Waals surface area contributed by atoms with Crippen molar-refractivity contribution in [3.05, 3.63) is 65.0 Å². The van der Waals surface area contributed by atoms with E-state index in [1.807, 2.05) is 12.2 Å². The van der Waals surface area contributed by atoms with Gasteiger partial charge in [0.2, 0.25) is 0 Å². The average molecular weight is 241 g/mol. The second-order valence-electron chi connectivity index (χ2n) is 3.94. The summed E-state index contributed by atoms with van der Waals surface area (Å²) in [5.41, 5.74) is 3.26. The lowest BCUT2D eigenvalue weighted by molar-refractivity contribution is 1.02. The zero-order valence-corrected chi connectivity index (χ0v) is 10.6. The van der Waals surface area contributed by atoms with E-state index in [1.165, 1.54) is 10.5 Å². The summed E-state index contributed by atoms with van der Waals surface area (Å²) in [6, 6.07) is 4.15. The minimum absolute atomic E-state index is 0.856. The van der Waals surface area contributed by atoms with Crippen molar-refractivity contribution in [1.29, 1.82) is 0 Å². The second-order valence-corrected chi connectivity index (χ2v) is 5.06. The molecular formula is C15H15NS. The zero-order chi connectivity index (χ0) is 12.3. The third-order valence-electron chi connectivity index (χ3n) is 2.54. The maximum atomic E-state index is 4.52. The molecule has 17 heavy (non-hydrogen) atoms. The molecule has 0 amide bonds. The van der Waals surface area contributed by atoms with Crippen LogP contribution in [0.2, 0.25) is 0 Å². The smallest absolute Gasteiger partial charge is 0.0804 e. The topological polar surface area (TPSA) is 12.4 Å². The average Bonchev–Trinajstić information content (AvgIpc) is 2.77. The highest BCUT2D eigenvalue weighted by Gasteiger charge is 2.11. The first kappa shape index (κ1) is 11.8. The third-order valence-corrected chi connectivity index (χ3v) is 3.64. The van der Waals surface area contributed by atoms with Crippen LogP contribution in [0.15, 0.2) is 60.3 Å². The van der Waals surface area contributed by atoms with Crippen LogP contribution in [0.5, 0.6) is 0 Å². The standard InChI is InChI=1S/C15H15NS/c1-4-6-12-9-11(3)16-14(10-12)15-8-7-13(5-2)17-15/h4-5,7-8,10H,1-3,6,9H2. The molecule has 0 spiro atoms. The Morgan fingerprint density at radius 1 is 1.35 bits per heavy atom. The van der Waals surface area contributed by atoms with E-state index in [4.69, 9.17) is 0 Å². The summed E-state index contributed by atoms with van der Waals surface area (Å²) in [6.45, 7) is 11.5. The van der Waals surface area contributed by atoms with E-state index in [9.17, 15) is 0 Å². The fourth-order valence-corrected chi connectivity index (χ4v) is 2.61. The molecule has 0 unspecified atom stereocenters. The summed E-state index contributed by atoms with van der Waals surface area (Å²) in [5, 5.41) is 0. The molecule has 2 heterocycles. The first-order valence-electron chi connectivity index (χ1n) is 5.52. The van der Waals surface area contributed by atoms with Crippen LogP contribution in [-0.4, -0.2) is 5.71 Å². The Labute approximate surface area is 106 Å². The molecular weight excluding hydrogens is 226 g/mol. The van der Waals surface area contributed by atoms with E-state index in [2.05, 4.69) is 42.9 Å². The number of nitrogens with zero attached hydrogens (tertiary/aromatic N) is 1. The molecule has 1 aromatic rings. The fraction of sp³-hybridized carbons (Fsp3) is 0.133. The summed E-state index contributed by atoms with van der Waals surface area (Å²) in [4.78, 5) is 6.85. The van der Waals surface area contributed by atoms with Crippen LogP contribution in [0.3, 0.4) is 0 Å². The molecule has 1 aliphatic rings. The molecule has 0 saturated heterocycles. The van der Waals surface area contributed by atoms with Crippen molar-refractivity contribution in [2.45, 2.75) is 12.8 Å². The summed E-state index contributed by atoms with van der Waals surface area (Å²) < 4.78 is 0. The van der Waals surface area contributed by atoms with Crippen molar-refractivity contribution < 1.29 is 0 Å². The van der Waals surface area contributed by atoms with E-state index >= 15 is 0 Å². The van der Waals surface area contributed by atoms with Gasteiger partial charge in [0.05, 0.1) is 10.6 Å². The molecule has 0 N–H and O–H groups in total. The van der Waals surface area contributed by atoms with Crippen LogP contribution in [0.25, 0.3) is 6.08 Å². The van der Waals surface area contributed by atoms with Gasteiger partial charge < -0.3 is 0 Å². The quantitative estimate of drug-likeness (QED) is 0.683. The molecule has 0 radical (unpaired) electrons. The maximum absolute atomic E-state index is 4.52. The second kappa shape index (κ2) is 5.11. The maximum Gasteiger partial charge on any atom is 0.0804 e. The minimum Gasteiger partial charge on any atom is -0.252 e. The third kappa shape index (κ3) is 2.71. The molecule has 0 atom stereocenters. The molecule has 0 bridgehead atoms. The van der Waals surface area contributed by atoms with Gasteiger partial charge in [0.15, 0.2) is 0 Å². The fourth-order valence-electron chi connectivity index (χ4n) is 1.79. The van der Waals surface area contributed by atoms with Crippen LogP contribution in [0, 0.1) is 0 Å². The van der Waals surface area contributed by atoms with Crippen molar-refractivity contribution in [2.24, 2.45) is 4.99 Å². The van der Waals surface area contributed by atoms with Gasteiger partial charge in [0, 0.05) is 17.0 Å². The van der Waals surface area contributed by atoms with E-state index in [-0.39, 0.29) is 0 Å². The van der Waals surface area contributed by atoms with Crippen LogP contribution >= 0.6 is 11.3 Å². The van der Waals surface area contributed by atoms with Crippen molar-refractivity contribution in [3.63, 3.8) is 0 Å². The van der Waals surface area contributed by atoms with Gasteiger partial charge in [-0.3, -0.25) is 4.99 Å². The molecule has 2 heteroatoms. The van der Waals surface area contributed by atoms with Gasteiger partial charge in [-0.2, -0.15) is 0 Å². The Balaban J connectivity index is 2.33. The highest BCUT2D eigenvalue weighted by atomic mass is 32.1. The number of rotatable bonds is 4. The summed E-state index contributed by atoms with van der Waals surface area (Å²) in [6.07, 6.45) is 7.69. The van der Waals surface area contributed by atoms with Crippen molar-refractivity contribution in [2.75, 3.05) is 0 Å². The molecule has 0 saturated carbocycles. The van der Waals surface area contributed by atoms with Crippen LogP contribution in [-0.2, 0) is 0 Å². The number of hydrogen-bond acceptors (Lipinski definition) is 2. The lowest BCUT2D eigenvalue weighted by Gasteiger charge is -2.12. The normalized spacial score (nSPS) is 15.2. The van der Waals surface area contributed by atoms with E-state index in [0.29, 0.717) is 0 Å². The molecule has 0 aliphatic carbocycles. The van der Waals surface area contributed by atoms with E-state index < -0.39 is 0 Å². The Kier molecular flexibility index (Phi) is 3.55. The lowest BCUT2D eigenvalue weighted by atomic mass is 10.0. The van der Waals surface area contributed by atoms with Gasteiger partial charge in [-0.1, -0.05) is 30.9 Å². The number of hydrogen-bond donors (Lipinski definition) is 0. The predicted octanol–water partition coefficient (Wildman–Crippen LogP) is 4.60. The number of allylic oxidation sites excluding steroid dienone is 3.